The predicted molar refractivity (Wildman–Crippen MR) is 88.7 cm³/mol. The Labute approximate surface area is 142 Å². The highest BCUT2D eigenvalue weighted by Crippen LogP contribution is 2.27. The van der Waals surface area contributed by atoms with Gasteiger partial charge >= 0.3 is 0 Å². The zero-order valence-electron chi connectivity index (χ0n) is 13.3. The first kappa shape index (κ1) is 16.7. The van der Waals surface area contributed by atoms with E-state index in [1.807, 2.05) is 4.90 Å². The second-order valence-electron chi connectivity index (χ2n) is 5.74. The third-order valence-electron chi connectivity index (χ3n) is 4.04. The van der Waals surface area contributed by atoms with Crippen molar-refractivity contribution in [3.63, 3.8) is 0 Å². The SMILES string of the molecule is O=C(Nc1ccc(F)cc1[N+](=O)[O-])C1CCCN(c2ncccn2)C1. The molecule has 1 amide bonds. The summed E-state index contributed by atoms with van der Waals surface area (Å²) in [4.78, 5) is 33.1. The molecule has 8 nitrogen and oxygen atoms in total. The minimum Gasteiger partial charge on any atom is -0.340 e. The number of hydrogen-bond donors (Lipinski definition) is 1. The average Bonchev–Trinajstić information content (AvgIpc) is 2.64. The standard InChI is InChI=1S/C16H16FN5O3/c17-12-4-5-13(14(9-12)22(24)25)20-15(23)11-3-1-8-21(10-11)16-18-6-2-7-19-16/h2,4-7,9,11H,1,3,8,10H2,(H,20,23). The molecule has 0 bridgehead atoms. The summed E-state index contributed by atoms with van der Waals surface area (Å²) in [5.41, 5.74) is -0.475. The van der Waals surface area contributed by atoms with E-state index in [1.165, 1.54) is 6.07 Å². The van der Waals surface area contributed by atoms with E-state index in [1.54, 1.807) is 18.5 Å². The average molecular weight is 345 g/mol. The maximum absolute atomic E-state index is 13.2. The Kier molecular flexibility index (Phi) is 4.82. The van der Waals surface area contributed by atoms with Gasteiger partial charge in [-0.05, 0) is 31.0 Å². The van der Waals surface area contributed by atoms with Gasteiger partial charge in [-0.2, -0.15) is 0 Å². The molecular weight excluding hydrogens is 329 g/mol. The first-order valence-electron chi connectivity index (χ1n) is 7.81. The molecule has 3 rings (SSSR count). The fourth-order valence-corrected chi connectivity index (χ4v) is 2.82. The number of rotatable bonds is 4. The molecule has 1 aliphatic heterocycles. The second-order valence-corrected chi connectivity index (χ2v) is 5.74. The summed E-state index contributed by atoms with van der Waals surface area (Å²) < 4.78 is 13.2. The fraction of sp³-hybridized carbons (Fsp3) is 0.312. The van der Waals surface area contributed by atoms with Crippen LogP contribution in [0.25, 0.3) is 0 Å². The number of aromatic nitrogens is 2. The zero-order chi connectivity index (χ0) is 17.8. The lowest BCUT2D eigenvalue weighted by atomic mass is 9.97. The molecule has 1 fully saturated rings. The minimum absolute atomic E-state index is 0.00974. The van der Waals surface area contributed by atoms with Gasteiger partial charge in [-0.25, -0.2) is 14.4 Å². The van der Waals surface area contributed by atoms with Gasteiger partial charge in [-0.15, -0.1) is 0 Å². The summed E-state index contributed by atoms with van der Waals surface area (Å²) >= 11 is 0. The molecule has 1 saturated heterocycles. The van der Waals surface area contributed by atoms with Crippen LogP contribution in [0, 0.1) is 21.8 Å². The lowest BCUT2D eigenvalue weighted by molar-refractivity contribution is -0.384. The van der Waals surface area contributed by atoms with Gasteiger partial charge < -0.3 is 10.2 Å². The molecule has 1 atom stereocenters. The fourth-order valence-electron chi connectivity index (χ4n) is 2.82. The number of hydrogen-bond acceptors (Lipinski definition) is 6. The lowest BCUT2D eigenvalue weighted by Crippen LogP contribution is -2.41. The summed E-state index contributed by atoms with van der Waals surface area (Å²) in [6.45, 7) is 1.16. The largest absolute Gasteiger partial charge is 0.340 e. The number of nitro benzene ring substituents is 1. The molecule has 2 aromatic rings. The number of carbonyl (C=O) groups excluding carboxylic acids is 1. The molecule has 1 aliphatic rings. The highest BCUT2D eigenvalue weighted by atomic mass is 19.1. The van der Waals surface area contributed by atoms with E-state index in [9.17, 15) is 19.3 Å². The number of nitro groups is 1. The van der Waals surface area contributed by atoms with Gasteiger partial charge in [-0.3, -0.25) is 14.9 Å². The summed E-state index contributed by atoms with van der Waals surface area (Å²) in [6, 6.07) is 4.78. The topological polar surface area (TPSA) is 101 Å². The third-order valence-corrected chi connectivity index (χ3v) is 4.04. The van der Waals surface area contributed by atoms with Crippen molar-refractivity contribution in [2.75, 3.05) is 23.3 Å². The first-order chi connectivity index (χ1) is 12.0. The van der Waals surface area contributed by atoms with Crippen LogP contribution in [-0.2, 0) is 4.79 Å². The highest BCUT2D eigenvalue weighted by Gasteiger charge is 2.28. The number of halogens is 1. The van der Waals surface area contributed by atoms with Crippen molar-refractivity contribution in [3.8, 4) is 0 Å². The van der Waals surface area contributed by atoms with Crippen molar-refractivity contribution in [3.05, 3.63) is 52.6 Å². The van der Waals surface area contributed by atoms with Gasteiger partial charge in [-0.1, -0.05) is 0 Å². The Morgan fingerprint density at radius 2 is 2.12 bits per heavy atom. The molecule has 1 aromatic heterocycles. The molecular formula is C16H16FN5O3. The maximum atomic E-state index is 13.2. The summed E-state index contributed by atoms with van der Waals surface area (Å²) in [5, 5.41) is 13.6. The summed E-state index contributed by atoms with van der Waals surface area (Å²) in [6.07, 6.45) is 4.70. The molecule has 1 N–H and O–H groups in total. The van der Waals surface area contributed by atoms with Crippen LogP contribution in [0.4, 0.5) is 21.7 Å². The monoisotopic (exact) mass is 345 g/mol. The van der Waals surface area contributed by atoms with Crippen molar-refractivity contribution >= 4 is 23.2 Å². The van der Waals surface area contributed by atoms with Crippen molar-refractivity contribution in [2.24, 2.45) is 5.92 Å². The van der Waals surface area contributed by atoms with E-state index in [0.29, 0.717) is 18.9 Å². The Balaban J connectivity index is 1.72. The maximum Gasteiger partial charge on any atom is 0.295 e. The van der Waals surface area contributed by atoms with Gasteiger partial charge in [0.2, 0.25) is 11.9 Å². The van der Waals surface area contributed by atoms with E-state index < -0.39 is 16.4 Å². The number of piperidine rings is 1. The quantitative estimate of drug-likeness (QED) is 0.674. The van der Waals surface area contributed by atoms with Crippen LogP contribution >= 0.6 is 0 Å². The Morgan fingerprint density at radius 1 is 1.36 bits per heavy atom. The van der Waals surface area contributed by atoms with Gasteiger partial charge in [0.15, 0.2) is 0 Å². The zero-order valence-corrected chi connectivity index (χ0v) is 13.3. The molecule has 1 aromatic carbocycles. The molecule has 130 valence electrons. The van der Waals surface area contributed by atoms with Crippen LogP contribution < -0.4 is 10.2 Å². The molecule has 0 aliphatic carbocycles. The Bertz CT molecular complexity index is 787. The van der Waals surface area contributed by atoms with Gasteiger partial charge in [0.25, 0.3) is 5.69 Å². The highest BCUT2D eigenvalue weighted by molar-refractivity contribution is 5.95. The van der Waals surface area contributed by atoms with E-state index in [2.05, 4.69) is 15.3 Å². The van der Waals surface area contributed by atoms with Crippen molar-refractivity contribution in [1.82, 2.24) is 9.97 Å². The van der Waals surface area contributed by atoms with Crippen LogP contribution in [0.5, 0.6) is 0 Å². The molecule has 0 radical (unpaired) electrons. The predicted octanol–water partition coefficient (Wildman–Crippen LogP) is 2.38. The molecule has 9 heteroatoms. The normalized spacial score (nSPS) is 17.2. The number of benzene rings is 1. The van der Waals surface area contributed by atoms with Crippen LogP contribution in [0.2, 0.25) is 0 Å². The molecule has 0 saturated carbocycles. The van der Waals surface area contributed by atoms with Crippen molar-refractivity contribution in [2.45, 2.75) is 12.8 Å². The van der Waals surface area contributed by atoms with Crippen LogP contribution in [0.15, 0.2) is 36.7 Å². The molecule has 25 heavy (non-hydrogen) atoms. The van der Waals surface area contributed by atoms with Crippen molar-refractivity contribution < 1.29 is 14.1 Å². The third kappa shape index (κ3) is 3.87. The number of amides is 1. The minimum atomic E-state index is -0.727. The number of nitrogens with zero attached hydrogens (tertiary/aromatic N) is 4. The number of nitrogens with one attached hydrogen (secondary N) is 1. The van der Waals surface area contributed by atoms with E-state index in [4.69, 9.17) is 0 Å². The van der Waals surface area contributed by atoms with Gasteiger partial charge in [0, 0.05) is 25.5 Å². The van der Waals surface area contributed by atoms with Crippen LogP contribution in [0.1, 0.15) is 12.8 Å². The molecule has 2 heterocycles. The Morgan fingerprint density at radius 3 is 2.84 bits per heavy atom. The van der Waals surface area contributed by atoms with E-state index in [0.717, 1.165) is 25.1 Å². The lowest BCUT2D eigenvalue weighted by Gasteiger charge is -2.31. The smallest absolute Gasteiger partial charge is 0.295 e. The summed E-state index contributed by atoms with van der Waals surface area (Å²) in [5.74, 6) is -0.875. The number of anilines is 2. The number of carbonyl (C=O) groups is 1. The molecule has 0 spiro atoms. The first-order valence-corrected chi connectivity index (χ1v) is 7.81. The van der Waals surface area contributed by atoms with Crippen LogP contribution in [-0.4, -0.2) is 33.9 Å². The van der Waals surface area contributed by atoms with Crippen molar-refractivity contribution in [1.29, 1.82) is 0 Å². The summed E-state index contributed by atoms with van der Waals surface area (Å²) in [7, 11) is 0. The second kappa shape index (κ2) is 7.20. The molecule has 1 unspecified atom stereocenters. The van der Waals surface area contributed by atoms with E-state index in [-0.39, 0.29) is 17.5 Å². The van der Waals surface area contributed by atoms with E-state index >= 15 is 0 Å². The van der Waals surface area contributed by atoms with Crippen LogP contribution in [0.3, 0.4) is 0 Å². The van der Waals surface area contributed by atoms with Gasteiger partial charge in [0.1, 0.15) is 11.5 Å². The van der Waals surface area contributed by atoms with Gasteiger partial charge in [0.05, 0.1) is 16.9 Å². The Hall–Kier alpha value is -3.10.